The number of hydrogen-bond acceptors (Lipinski definition) is 5. The monoisotopic (exact) mass is 269 g/mol. The summed E-state index contributed by atoms with van der Waals surface area (Å²) >= 11 is 0. The molecule has 102 valence electrons. The fourth-order valence-electron chi connectivity index (χ4n) is 2.45. The molecule has 1 aliphatic rings. The molecule has 0 radical (unpaired) electrons. The molecule has 5 heteroatoms. The number of aliphatic hydroxyl groups excluding tert-OH is 1. The number of anilines is 1. The minimum absolute atomic E-state index is 0.00477. The molecule has 1 fully saturated rings. The molecule has 1 unspecified atom stereocenters. The number of rotatable bonds is 2. The van der Waals surface area contributed by atoms with Gasteiger partial charge < -0.3 is 14.7 Å². The molecule has 1 aliphatic heterocycles. The van der Waals surface area contributed by atoms with Crippen LogP contribution in [0.25, 0.3) is 10.9 Å². The zero-order valence-electron chi connectivity index (χ0n) is 11.0. The Morgan fingerprint density at radius 3 is 3.10 bits per heavy atom. The van der Waals surface area contributed by atoms with E-state index in [0.717, 1.165) is 16.7 Å². The van der Waals surface area contributed by atoms with Crippen molar-refractivity contribution in [2.75, 3.05) is 31.2 Å². The molecule has 1 N–H and O–H groups in total. The lowest BCUT2D eigenvalue weighted by molar-refractivity contribution is 0.00337. The van der Waals surface area contributed by atoms with Gasteiger partial charge in [0.05, 0.1) is 36.5 Å². The fraction of sp³-hybridized carbons (Fsp3) is 0.333. The van der Waals surface area contributed by atoms with Crippen LogP contribution < -0.4 is 4.90 Å². The van der Waals surface area contributed by atoms with E-state index in [0.29, 0.717) is 25.3 Å². The lowest BCUT2D eigenvalue weighted by Gasteiger charge is -2.33. The van der Waals surface area contributed by atoms with Gasteiger partial charge in [-0.15, -0.1) is 0 Å². The molecule has 20 heavy (non-hydrogen) atoms. The highest BCUT2D eigenvalue weighted by Gasteiger charge is 2.21. The van der Waals surface area contributed by atoms with Crippen molar-refractivity contribution in [2.45, 2.75) is 6.10 Å². The van der Waals surface area contributed by atoms with E-state index >= 15 is 0 Å². The number of pyridine rings is 1. The first kappa shape index (κ1) is 12.9. The molecule has 0 aliphatic carbocycles. The molecule has 1 aromatic carbocycles. The molecule has 0 amide bonds. The molecule has 1 atom stereocenters. The largest absolute Gasteiger partial charge is 0.394 e. The van der Waals surface area contributed by atoms with E-state index in [9.17, 15) is 10.4 Å². The van der Waals surface area contributed by atoms with Crippen LogP contribution in [-0.2, 0) is 4.74 Å². The van der Waals surface area contributed by atoms with Gasteiger partial charge in [-0.3, -0.25) is 0 Å². The van der Waals surface area contributed by atoms with E-state index in [-0.39, 0.29) is 12.7 Å². The van der Waals surface area contributed by atoms with Crippen molar-refractivity contribution in [3.63, 3.8) is 0 Å². The van der Waals surface area contributed by atoms with Crippen LogP contribution in [0.3, 0.4) is 0 Å². The number of nitrogens with zero attached hydrogens (tertiary/aromatic N) is 3. The number of aliphatic hydroxyl groups is 1. The van der Waals surface area contributed by atoms with E-state index in [1.54, 1.807) is 0 Å². The summed E-state index contributed by atoms with van der Waals surface area (Å²) in [6, 6.07) is 11.7. The predicted octanol–water partition coefficient (Wildman–Crippen LogP) is 1.30. The average Bonchev–Trinajstić information content (AvgIpc) is 2.53. The third-order valence-electron chi connectivity index (χ3n) is 3.49. The maximum absolute atomic E-state index is 9.30. The summed E-state index contributed by atoms with van der Waals surface area (Å²) in [6.45, 7) is 1.86. The summed E-state index contributed by atoms with van der Waals surface area (Å²) in [4.78, 5) is 6.67. The van der Waals surface area contributed by atoms with Gasteiger partial charge in [-0.05, 0) is 12.1 Å². The Bertz CT molecular complexity index is 666. The molecule has 0 saturated carbocycles. The highest BCUT2D eigenvalue weighted by molar-refractivity contribution is 5.86. The number of aromatic nitrogens is 1. The Balaban J connectivity index is 2.01. The third-order valence-corrected chi connectivity index (χ3v) is 3.49. The van der Waals surface area contributed by atoms with Gasteiger partial charge >= 0.3 is 0 Å². The van der Waals surface area contributed by atoms with Gasteiger partial charge in [-0.1, -0.05) is 18.2 Å². The minimum atomic E-state index is -0.192. The number of hydrogen-bond donors (Lipinski definition) is 1. The van der Waals surface area contributed by atoms with Crippen molar-refractivity contribution in [3.05, 3.63) is 35.9 Å². The zero-order valence-corrected chi connectivity index (χ0v) is 11.0. The molecule has 3 rings (SSSR count). The average molecular weight is 269 g/mol. The van der Waals surface area contributed by atoms with E-state index in [1.807, 2.05) is 30.3 Å². The Morgan fingerprint density at radius 1 is 1.45 bits per heavy atom. The van der Waals surface area contributed by atoms with Crippen LogP contribution in [0.2, 0.25) is 0 Å². The highest BCUT2D eigenvalue weighted by atomic mass is 16.5. The van der Waals surface area contributed by atoms with Crippen molar-refractivity contribution >= 4 is 16.7 Å². The quantitative estimate of drug-likeness (QED) is 0.890. The standard InChI is InChI=1S/C15H15N3O2/c16-8-11-7-15(17-14-4-2-1-3-13(11)14)18-5-6-20-12(9-18)10-19/h1-4,7,12,19H,5-6,9-10H2. The normalized spacial score (nSPS) is 19.0. The van der Waals surface area contributed by atoms with Crippen LogP contribution in [0.1, 0.15) is 5.56 Å². The van der Waals surface area contributed by atoms with Gasteiger partial charge in [-0.2, -0.15) is 5.26 Å². The summed E-state index contributed by atoms with van der Waals surface area (Å²) in [7, 11) is 0. The van der Waals surface area contributed by atoms with Crippen molar-refractivity contribution in [3.8, 4) is 6.07 Å². The van der Waals surface area contributed by atoms with E-state index in [2.05, 4.69) is 16.0 Å². The maximum Gasteiger partial charge on any atom is 0.130 e. The molecule has 0 bridgehead atoms. The number of benzene rings is 1. The maximum atomic E-state index is 9.30. The molecule has 1 aromatic heterocycles. The summed E-state index contributed by atoms with van der Waals surface area (Å²) in [6.07, 6.45) is -0.192. The number of para-hydroxylation sites is 1. The van der Waals surface area contributed by atoms with Crippen LogP contribution in [0.15, 0.2) is 30.3 Å². The predicted molar refractivity (Wildman–Crippen MR) is 75.5 cm³/mol. The van der Waals surface area contributed by atoms with Crippen molar-refractivity contribution in [1.82, 2.24) is 4.98 Å². The van der Waals surface area contributed by atoms with Crippen molar-refractivity contribution in [2.24, 2.45) is 0 Å². The zero-order chi connectivity index (χ0) is 13.9. The second-order valence-corrected chi connectivity index (χ2v) is 4.78. The number of ether oxygens (including phenoxy) is 1. The third kappa shape index (κ3) is 2.31. The Labute approximate surface area is 117 Å². The summed E-state index contributed by atoms with van der Waals surface area (Å²) in [5, 5.41) is 19.4. The van der Waals surface area contributed by atoms with Gasteiger partial charge in [0.25, 0.3) is 0 Å². The van der Waals surface area contributed by atoms with Gasteiger partial charge in [-0.25, -0.2) is 4.98 Å². The SMILES string of the molecule is N#Cc1cc(N2CCOC(CO)C2)nc2ccccc12. The molecule has 5 nitrogen and oxygen atoms in total. The smallest absolute Gasteiger partial charge is 0.130 e. The fourth-order valence-corrected chi connectivity index (χ4v) is 2.45. The molecular formula is C15H15N3O2. The van der Waals surface area contributed by atoms with Crippen molar-refractivity contribution < 1.29 is 9.84 Å². The first-order chi connectivity index (χ1) is 9.81. The second-order valence-electron chi connectivity index (χ2n) is 4.78. The van der Waals surface area contributed by atoms with Gasteiger partial charge in [0.15, 0.2) is 0 Å². The van der Waals surface area contributed by atoms with Crippen LogP contribution in [-0.4, -0.2) is 42.5 Å². The molecule has 0 spiro atoms. The number of nitriles is 1. The van der Waals surface area contributed by atoms with E-state index in [1.165, 1.54) is 0 Å². The molecular weight excluding hydrogens is 254 g/mol. The van der Waals surface area contributed by atoms with E-state index in [4.69, 9.17) is 4.74 Å². The highest BCUT2D eigenvalue weighted by Crippen LogP contribution is 2.23. The topological polar surface area (TPSA) is 69.4 Å². The van der Waals surface area contributed by atoms with Crippen LogP contribution in [0.4, 0.5) is 5.82 Å². The van der Waals surface area contributed by atoms with Gasteiger partial charge in [0.1, 0.15) is 5.82 Å². The lowest BCUT2D eigenvalue weighted by Crippen LogP contribution is -2.44. The van der Waals surface area contributed by atoms with Crippen molar-refractivity contribution in [1.29, 1.82) is 5.26 Å². The van der Waals surface area contributed by atoms with Crippen LogP contribution >= 0.6 is 0 Å². The molecule has 1 saturated heterocycles. The van der Waals surface area contributed by atoms with Crippen LogP contribution in [0, 0.1) is 11.3 Å². The second kappa shape index (κ2) is 5.45. The minimum Gasteiger partial charge on any atom is -0.394 e. The Hall–Kier alpha value is -2.16. The van der Waals surface area contributed by atoms with Gasteiger partial charge in [0, 0.05) is 18.5 Å². The summed E-state index contributed by atoms with van der Waals surface area (Å²) in [5.41, 5.74) is 1.44. The molecule has 2 aromatic rings. The molecule has 2 heterocycles. The Morgan fingerprint density at radius 2 is 2.30 bits per heavy atom. The van der Waals surface area contributed by atoms with Crippen LogP contribution in [0.5, 0.6) is 0 Å². The first-order valence-corrected chi connectivity index (χ1v) is 6.59. The van der Waals surface area contributed by atoms with E-state index < -0.39 is 0 Å². The number of morpholine rings is 1. The lowest BCUT2D eigenvalue weighted by atomic mass is 10.1. The van der Waals surface area contributed by atoms with Gasteiger partial charge in [0.2, 0.25) is 0 Å². The first-order valence-electron chi connectivity index (χ1n) is 6.59. The Kier molecular flexibility index (Phi) is 3.50. The number of fused-ring (bicyclic) bond motifs is 1. The summed E-state index contributed by atoms with van der Waals surface area (Å²) in [5.74, 6) is 0.766. The summed E-state index contributed by atoms with van der Waals surface area (Å²) < 4.78 is 5.44.